The van der Waals surface area contributed by atoms with E-state index in [1.54, 1.807) is 52.1 Å². The van der Waals surface area contributed by atoms with E-state index in [9.17, 15) is 9.59 Å². The maximum Gasteiger partial charge on any atom is 0.411 e. The number of carbonyl (C=O) groups excluding carboxylic acids is 2. The fourth-order valence-electron chi connectivity index (χ4n) is 2.55. The van der Waals surface area contributed by atoms with Gasteiger partial charge in [-0.1, -0.05) is 11.6 Å². The molecule has 1 unspecified atom stereocenters. The van der Waals surface area contributed by atoms with Crippen LogP contribution in [0.5, 0.6) is 0 Å². The Labute approximate surface area is 141 Å². The lowest BCUT2D eigenvalue weighted by atomic mass is 10.0. The number of benzene rings is 1. The van der Waals surface area contributed by atoms with Gasteiger partial charge in [0.05, 0.1) is 12.6 Å². The van der Waals surface area contributed by atoms with Gasteiger partial charge in [-0.15, -0.1) is 0 Å². The zero-order valence-corrected chi connectivity index (χ0v) is 14.6. The number of Topliss-reactive ketones (excluding diaryl/α,β-unsaturated/α-hetero) is 1. The van der Waals surface area contributed by atoms with Gasteiger partial charge >= 0.3 is 6.09 Å². The summed E-state index contributed by atoms with van der Waals surface area (Å²) in [4.78, 5) is 26.6. The Bertz CT molecular complexity index is 579. The Morgan fingerprint density at radius 3 is 2.35 bits per heavy atom. The first kappa shape index (κ1) is 17.8. The summed E-state index contributed by atoms with van der Waals surface area (Å²) in [5.74, 6) is -0.132. The van der Waals surface area contributed by atoms with E-state index in [2.05, 4.69) is 0 Å². The van der Waals surface area contributed by atoms with Crippen LogP contribution in [0, 0.1) is 0 Å². The molecule has 6 heteroatoms. The molecular weight excluding hydrogens is 318 g/mol. The van der Waals surface area contributed by atoms with Crippen LogP contribution in [-0.4, -0.2) is 48.2 Å². The number of ether oxygens (including phenoxy) is 2. The Hall–Kier alpha value is -1.59. The highest BCUT2D eigenvalue weighted by Gasteiger charge is 2.41. The average molecular weight is 340 g/mol. The second-order valence-electron chi connectivity index (χ2n) is 6.61. The fourth-order valence-corrected chi connectivity index (χ4v) is 2.67. The second kappa shape index (κ2) is 6.89. The van der Waals surface area contributed by atoms with Crippen LogP contribution in [0.15, 0.2) is 24.3 Å². The molecule has 23 heavy (non-hydrogen) atoms. The molecule has 1 heterocycles. The molecule has 1 amide bonds. The van der Waals surface area contributed by atoms with Gasteiger partial charge in [0, 0.05) is 24.1 Å². The first-order valence-corrected chi connectivity index (χ1v) is 7.91. The maximum absolute atomic E-state index is 12.8. The number of carbonyl (C=O) groups is 2. The predicted molar refractivity (Wildman–Crippen MR) is 87.9 cm³/mol. The Morgan fingerprint density at radius 1 is 1.22 bits per heavy atom. The van der Waals surface area contributed by atoms with Crippen molar-refractivity contribution in [2.75, 3.05) is 13.7 Å². The van der Waals surface area contributed by atoms with Crippen LogP contribution in [0.4, 0.5) is 4.79 Å². The van der Waals surface area contributed by atoms with Crippen molar-refractivity contribution in [3.63, 3.8) is 0 Å². The molecule has 0 saturated carbocycles. The molecule has 2 atom stereocenters. The summed E-state index contributed by atoms with van der Waals surface area (Å²) in [6.45, 7) is 5.73. The highest BCUT2D eigenvalue weighted by atomic mass is 35.5. The van der Waals surface area contributed by atoms with Gasteiger partial charge in [0.15, 0.2) is 5.78 Å². The molecule has 1 saturated heterocycles. The molecule has 0 bridgehead atoms. The van der Waals surface area contributed by atoms with Crippen LogP contribution < -0.4 is 0 Å². The Balaban J connectivity index is 2.21. The third kappa shape index (κ3) is 4.45. The van der Waals surface area contributed by atoms with E-state index in [0.29, 0.717) is 23.6 Å². The van der Waals surface area contributed by atoms with E-state index in [1.165, 1.54) is 4.90 Å². The van der Waals surface area contributed by atoms with Crippen LogP contribution in [0.2, 0.25) is 5.02 Å². The highest BCUT2D eigenvalue weighted by Crippen LogP contribution is 2.26. The molecule has 0 spiro atoms. The summed E-state index contributed by atoms with van der Waals surface area (Å²) < 4.78 is 10.7. The normalized spacial score (nSPS) is 21.3. The monoisotopic (exact) mass is 339 g/mol. The number of hydrogen-bond acceptors (Lipinski definition) is 4. The number of likely N-dealkylation sites (tertiary alicyclic amines) is 1. The number of amides is 1. The van der Waals surface area contributed by atoms with Gasteiger partial charge in [0.25, 0.3) is 0 Å². The van der Waals surface area contributed by atoms with E-state index in [0.717, 1.165) is 0 Å². The number of methoxy groups -OCH3 is 1. The van der Waals surface area contributed by atoms with Gasteiger partial charge in [-0.3, -0.25) is 9.69 Å². The first-order chi connectivity index (χ1) is 10.7. The zero-order chi connectivity index (χ0) is 17.2. The molecule has 2 rings (SSSR count). The smallest absolute Gasteiger partial charge is 0.411 e. The van der Waals surface area contributed by atoms with Crippen molar-refractivity contribution < 1.29 is 19.1 Å². The van der Waals surface area contributed by atoms with Gasteiger partial charge in [0.2, 0.25) is 0 Å². The molecule has 1 aromatic carbocycles. The van der Waals surface area contributed by atoms with Crippen LogP contribution in [0.1, 0.15) is 37.6 Å². The highest BCUT2D eigenvalue weighted by molar-refractivity contribution is 6.30. The minimum absolute atomic E-state index is 0.132. The van der Waals surface area contributed by atoms with Crippen molar-refractivity contribution in [1.29, 1.82) is 0 Å². The first-order valence-electron chi connectivity index (χ1n) is 7.53. The topological polar surface area (TPSA) is 55.8 Å². The Kier molecular flexibility index (Phi) is 5.32. The second-order valence-corrected chi connectivity index (χ2v) is 7.05. The molecule has 126 valence electrons. The quantitative estimate of drug-likeness (QED) is 0.790. The summed E-state index contributed by atoms with van der Waals surface area (Å²) in [5, 5.41) is 0.562. The molecule has 1 fully saturated rings. The molecular formula is C17H22ClNO4. The van der Waals surface area contributed by atoms with E-state index < -0.39 is 17.7 Å². The lowest BCUT2D eigenvalue weighted by Gasteiger charge is -2.27. The van der Waals surface area contributed by atoms with Crippen molar-refractivity contribution in [3.05, 3.63) is 34.9 Å². The standard InChI is InChI=1S/C17H22ClNO4/c1-17(2,3)23-16(21)19-10-13(22-4)9-14(19)15(20)11-5-7-12(18)8-6-11/h5-8,13-14H,9-10H2,1-4H3/t13-,14?/m1/s1. The number of rotatable bonds is 3. The van der Waals surface area contributed by atoms with Gasteiger partial charge in [-0.2, -0.15) is 0 Å². The van der Waals surface area contributed by atoms with Crippen molar-refractivity contribution >= 4 is 23.5 Å². The van der Waals surface area contributed by atoms with Crippen LogP contribution in [0.3, 0.4) is 0 Å². The van der Waals surface area contributed by atoms with Crippen LogP contribution in [-0.2, 0) is 9.47 Å². The third-order valence-electron chi connectivity index (χ3n) is 3.66. The Morgan fingerprint density at radius 2 is 1.83 bits per heavy atom. The number of nitrogens with zero attached hydrogens (tertiary/aromatic N) is 1. The SMILES string of the molecule is CO[C@@H]1CC(C(=O)c2ccc(Cl)cc2)N(C(=O)OC(C)(C)C)C1. The number of hydrogen-bond donors (Lipinski definition) is 0. The molecule has 0 aliphatic carbocycles. The maximum atomic E-state index is 12.8. The van der Waals surface area contributed by atoms with Gasteiger partial charge in [-0.05, 0) is 45.0 Å². The summed E-state index contributed by atoms with van der Waals surface area (Å²) >= 11 is 5.86. The molecule has 1 aliphatic heterocycles. The van der Waals surface area contributed by atoms with Crippen molar-refractivity contribution in [1.82, 2.24) is 4.90 Å². The molecule has 1 aliphatic rings. The molecule has 0 radical (unpaired) electrons. The minimum atomic E-state index is -0.615. The summed E-state index contributed by atoms with van der Waals surface area (Å²) in [7, 11) is 1.58. The zero-order valence-electron chi connectivity index (χ0n) is 13.8. The molecule has 0 aromatic heterocycles. The van der Waals surface area contributed by atoms with Crippen molar-refractivity contribution in [2.24, 2.45) is 0 Å². The number of halogens is 1. The van der Waals surface area contributed by atoms with Crippen LogP contribution in [0.25, 0.3) is 0 Å². The van der Waals surface area contributed by atoms with Gasteiger partial charge in [0.1, 0.15) is 11.6 Å². The summed E-state index contributed by atoms with van der Waals surface area (Å²) in [6, 6.07) is 6.07. The van der Waals surface area contributed by atoms with Gasteiger partial charge in [-0.25, -0.2) is 4.79 Å². The summed E-state index contributed by atoms with van der Waals surface area (Å²) in [5.41, 5.74) is -0.0967. The molecule has 1 aromatic rings. The van der Waals surface area contributed by atoms with Crippen LogP contribution >= 0.6 is 11.6 Å². The number of ketones is 1. The fraction of sp³-hybridized carbons (Fsp3) is 0.529. The van der Waals surface area contributed by atoms with Crippen molar-refractivity contribution in [3.8, 4) is 0 Å². The lowest BCUT2D eigenvalue weighted by molar-refractivity contribution is 0.0194. The van der Waals surface area contributed by atoms with E-state index >= 15 is 0 Å². The third-order valence-corrected chi connectivity index (χ3v) is 3.91. The summed E-state index contributed by atoms with van der Waals surface area (Å²) in [6.07, 6.45) is -0.217. The molecule has 0 N–H and O–H groups in total. The van der Waals surface area contributed by atoms with E-state index in [4.69, 9.17) is 21.1 Å². The average Bonchev–Trinajstić information content (AvgIpc) is 2.90. The predicted octanol–water partition coefficient (Wildman–Crippen LogP) is 3.55. The largest absolute Gasteiger partial charge is 0.444 e. The van der Waals surface area contributed by atoms with E-state index in [-0.39, 0.29) is 11.9 Å². The van der Waals surface area contributed by atoms with E-state index in [1.807, 2.05) is 0 Å². The lowest BCUT2D eigenvalue weighted by Crippen LogP contribution is -2.43. The van der Waals surface area contributed by atoms with Gasteiger partial charge < -0.3 is 9.47 Å². The minimum Gasteiger partial charge on any atom is -0.444 e. The van der Waals surface area contributed by atoms with Crippen molar-refractivity contribution in [2.45, 2.75) is 44.9 Å². The molecule has 5 nitrogen and oxygen atoms in total.